The molecule has 1 atom stereocenters. The molecule has 0 radical (unpaired) electrons. The fourth-order valence-corrected chi connectivity index (χ4v) is 5.32. The third-order valence-corrected chi connectivity index (χ3v) is 6.80. The highest BCUT2D eigenvalue weighted by atomic mass is 79.9. The van der Waals surface area contributed by atoms with Crippen LogP contribution in [0.3, 0.4) is 0 Å². The van der Waals surface area contributed by atoms with Gasteiger partial charge >= 0.3 is 0 Å². The van der Waals surface area contributed by atoms with E-state index in [9.17, 15) is 8.42 Å². The quantitative estimate of drug-likeness (QED) is 0.778. The summed E-state index contributed by atoms with van der Waals surface area (Å²) in [6.07, 6.45) is 2.14. The van der Waals surface area contributed by atoms with Crippen molar-refractivity contribution < 1.29 is 8.42 Å². The second-order valence-electron chi connectivity index (χ2n) is 4.80. The van der Waals surface area contributed by atoms with E-state index in [2.05, 4.69) is 15.9 Å². The van der Waals surface area contributed by atoms with Gasteiger partial charge in [0.25, 0.3) is 0 Å². The van der Waals surface area contributed by atoms with Gasteiger partial charge in [0.05, 0.1) is 10.0 Å². The van der Waals surface area contributed by atoms with Crippen LogP contribution in [0.4, 0.5) is 0 Å². The second-order valence-corrected chi connectivity index (χ2v) is 8.46. The fourth-order valence-electron chi connectivity index (χ4n) is 2.01. The van der Waals surface area contributed by atoms with Gasteiger partial charge in [-0.1, -0.05) is 39.1 Å². The largest absolute Gasteiger partial charge is 0.246 e. The van der Waals surface area contributed by atoms with E-state index in [4.69, 9.17) is 23.2 Å². The molecule has 0 saturated heterocycles. The highest BCUT2D eigenvalue weighted by Crippen LogP contribution is 2.39. The van der Waals surface area contributed by atoms with Gasteiger partial charge in [-0.05, 0) is 37.8 Å². The van der Waals surface area contributed by atoms with Crippen LogP contribution in [-0.2, 0) is 10.0 Å². The minimum absolute atomic E-state index is 0.0194. The molecule has 7 heteroatoms. The zero-order valence-electron chi connectivity index (χ0n) is 10.5. The van der Waals surface area contributed by atoms with Crippen LogP contribution in [0.15, 0.2) is 21.5 Å². The van der Waals surface area contributed by atoms with Gasteiger partial charge < -0.3 is 0 Å². The fraction of sp³-hybridized carbons (Fsp3) is 0.500. The molecule has 1 aromatic rings. The Morgan fingerprint density at radius 3 is 2.21 bits per heavy atom. The molecule has 1 fully saturated rings. The maximum Gasteiger partial charge on any atom is 0.246 e. The molecule has 2 rings (SSSR count). The minimum Gasteiger partial charge on any atom is -0.207 e. The van der Waals surface area contributed by atoms with Crippen LogP contribution >= 0.6 is 39.1 Å². The van der Waals surface area contributed by atoms with Gasteiger partial charge in [0.2, 0.25) is 10.0 Å². The monoisotopic (exact) mass is 385 g/mol. The van der Waals surface area contributed by atoms with Crippen LogP contribution < -0.4 is 0 Å². The smallest absolute Gasteiger partial charge is 0.207 e. The molecule has 3 nitrogen and oxygen atoms in total. The molecule has 1 aliphatic rings. The van der Waals surface area contributed by atoms with Gasteiger partial charge in [-0.2, -0.15) is 4.31 Å². The van der Waals surface area contributed by atoms with Crippen molar-refractivity contribution in [2.45, 2.75) is 30.7 Å². The van der Waals surface area contributed by atoms with E-state index in [1.54, 1.807) is 7.05 Å². The lowest BCUT2D eigenvalue weighted by atomic mass is 10.2. The Balaban J connectivity index is 2.44. The minimum atomic E-state index is -3.67. The first-order valence-corrected chi connectivity index (χ1v) is 8.86. The number of rotatable bonds is 4. The number of halogens is 3. The molecule has 106 valence electrons. The van der Waals surface area contributed by atoms with Gasteiger partial charge in [0.15, 0.2) is 0 Å². The van der Waals surface area contributed by atoms with E-state index in [-0.39, 0.29) is 21.0 Å². The highest BCUT2D eigenvalue weighted by Gasteiger charge is 2.37. The molecule has 1 aliphatic carbocycles. The van der Waals surface area contributed by atoms with Gasteiger partial charge in [0.1, 0.15) is 4.90 Å². The molecular weight excluding hydrogens is 373 g/mol. The second kappa shape index (κ2) is 5.53. The molecular formula is C12H14BrCl2NO2S. The zero-order chi connectivity index (χ0) is 14.4. The Morgan fingerprint density at radius 2 is 1.79 bits per heavy atom. The Bertz CT molecular complexity index is 579. The van der Waals surface area contributed by atoms with E-state index in [1.165, 1.54) is 16.4 Å². The SMILES string of the molecule is CC(C1CC1)N(C)S(=O)(=O)c1c(Cl)cc(Br)cc1Cl. The number of nitrogens with zero attached hydrogens (tertiary/aromatic N) is 1. The molecule has 1 saturated carbocycles. The van der Waals surface area contributed by atoms with E-state index < -0.39 is 10.0 Å². The maximum atomic E-state index is 12.6. The van der Waals surface area contributed by atoms with Crippen LogP contribution in [0, 0.1) is 5.92 Å². The van der Waals surface area contributed by atoms with Crippen molar-refractivity contribution in [1.82, 2.24) is 4.31 Å². The molecule has 0 heterocycles. The summed E-state index contributed by atoms with van der Waals surface area (Å²) in [4.78, 5) is -0.0194. The van der Waals surface area contributed by atoms with Crippen LogP contribution in [0.25, 0.3) is 0 Å². The summed E-state index contributed by atoms with van der Waals surface area (Å²) in [6.45, 7) is 1.91. The molecule has 0 aliphatic heterocycles. The van der Waals surface area contributed by atoms with Gasteiger partial charge in [-0.15, -0.1) is 0 Å². The lowest BCUT2D eigenvalue weighted by Gasteiger charge is -2.25. The zero-order valence-corrected chi connectivity index (χ0v) is 14.4. The summed E-state index contributed by atoms with van der Waals surface area (Å²) in [5, 5.41) is 0.267. The van der Waals surface area contributed by atoms with Gasteiger partial charge in [0, 0.05) is 17.6 Å². The Hall–Kier alpha value is 0.190. The molecule has 0 bridgehead atoms. The summed E-state index contributed by atoms with van der Waals surface area (Å²) in [7, 11) is -2.10. The van der Waals surface area contributed by atoms with Crippen molar-refractivity contribution in [2.24, 2.45) is 5.92 Å². The molecule has 19 heavy (non-hydrogen) atoms. The van der Waals surface area contributed by atoms with Crippen molar-refractivity contribution in [2.75, 3.05) is 7.05 Å². The standard InChI is InChI=1S/C12H14BrCl2NO2S/c1-7(8-3-4-8)16(2)19(17,18)12-10(14)5-9(13)6-11(12)15/h5-8H,3-4H2,1-2H3. The third-order valence-electron chi connectivity index (χ3n) is 3.48. The lowest BCUT2D eigenvalue weighted by molar-refractivity contribution is 0.357. The van der Waals surface area contributed by atoms with Crippen LogP contribution in [-0.4, -0.2) is 25.8 Å². The van der Waals surface area contributed by atoms with Crippen LogP contribution in [0.2, 0.25) is 10.0 Å². The van der Waals surface area contributed by atoms with E-state index in [1.807, 2.05) is 6.92 Å². The van der Waals surface area contributed by atoms with Crippen molar-refractivity contribution in [3.63, 3.8) is 0 Å². The number of hydrogen-bond donors (Lipinski definition) is 0. The molecule has 1 unspecified atom stereocenters. The molecule has 1 aromatic carbocycles. The van der Waals surface area contributed by atoms with E-state index in [0.717, 1.165) is 12.8 Å². The molecule has 0 spiro atoms. The van der Waals surface area contributed by atoms with E-state index in [0.29, 0.717) is 10.4 Å². The average molecular weight is 387 g/mol. The molecule has 0 amide bonds. The molecule has 0 aromatic heterocycles. The number of sulfonamides is 1. The van der Waals surface area contributed by atoms with Crippen molar-refractivity contribution in [3.8, 4) is 0 Å². The van der Waals surface area contributed by atoms with Gasteiger partial charge in [-0.3, -0.25) is 0 Å². The van der Waals surface area contributed by atoms with E-state index >= 15 is 0 Å². The predicted octanol–water partition coefficient (Wildman–Crippen LogP) is 4.17. The Morgan fingerprint density at radius 1 is 1.32 bits per heavy atom. The highest BCUT2D eigenvalue weighted by molar-refractivity contribution is 9.10. The Kier molecular flexibility index (Phi) is 4.53. The molecule has 0 N–H and O–H groups in total. The summed E-state index contributed by atoms with van der Waals surface area (Å²) in [5.41, 5.74) is 0. The first kappa shape index (κ1) is 15.6. The maximum absolute atomic E-state index is 12.6. The van der Waals surface area contributed by atoms with Crippen molar-refractivity contribution >= 4 is 49.2 Å². The number of benzene rings is 1. The third kappa shape index (κ3) is 3.10. The van der Waals surface area contributed by atoms with Crippen molar-refractivity contribution in [1.29, 1.82) is 0 Å². The first-order valence-electron chi connectivity index (χ1n) is 5.87. The van der Waals surface area contributed by atoms with Gasteiger partial charge in [-0.25, -0.2) is 8.42 Å². The lowest BCUT2D eigenvalue weighted by Crippen LogP contribution is -2.36. The number of hydrogen-bond acceptors (Lipinski definition) is 2. The van der Waals surface area contributed by atoms with Crippen LogP contribution in [0.1, 0.15) is 19.8 Å². The van der Waals surface area contributed by atoms with Crippen molar-refractivity contribution in [3.05, 3.63) is 26.7 Å². The predicted molar refractivity (Wildman–Crippen MR) is 81.3 cm³/mol. The summed E-state index contributed by atoms with van der Waals surface area (Å²) < 4.78 is 27.2. The summed E-state index contributed by atoms with van der Waals surface area (Å²) in [5.74, 6) is 0.438. The van der Waals surface area contributed by atoms with Crippen LogP contribution in [0.5, 0.6) is 0 Å². The topological polar surface area (TPSA) is 37.4 Å². The summed E-state index contributed by atoms with van der Waals surface area (Å²) >= 11 is 15.3. The Labute approximate surface area is 132 Å². The first-order chi connectivity index (χ1) is 8.75. The summed E-state index contributed by atoms with van der Waals surface area (Å²) in [6, 6.07) is 3.03. The normalized spacial score (nSPS) is 17.8. The average Bonchev–Trinajstić information content (AvgIpc) is 3.08.